The minimum Gasteiger partial charge on any atom is -0.467 e. The van der Waals surface area contributed by atoms with Crippen LogP contribution in [0.3, 0.4) is 0 Å². The Hall–Kier alpha value is -2.77. The van der Waals surface area contributed by atoms with Crippen LogP contribution in [0.15, 0.2) is 36.7 Å². The van der Waals surface area contributed by atoms with Crippen LogP contribution in [-0.4, -0.2) is 29.3 Å². The van der Waals surface area contributed by atoms with E-state index in [0.29, 0.717) is 39.0 Å². The largest absolute Gasteiger partial charge is 0.467 e. The molecule has 1 aliphatic heterocycles. The molecule has 2 aromatic carbocycles. The van der Waals surface area contributed by atoms with Gasteiger partial charge in [0.1, 0.15) is 6.33 Å². The van der Waals surface area contributed by atoms with Crippen molar-refractivity contribution in [3.05, 3.63) is 52.3 Å². The van der Waals surface area contributed by atoms with Crippen LogP contribution in [0, 0.1) is 0 Å². The van der Waals surface area contributed by atoms with Crippen molar-refractivity contribution in [1.29, 1.82) is 0 Å². The van der Waals surface area contributed by atoms with E-state index in [0.717, 1.165) is 5.56 Å². The minimum atomic E-state index is -0.299. The van der Waals surface area contributed by atoms with Gasteiger partial charge in [0.25, 0.3) is 5.91 Å². The van der Waals surface area contributed by atoms with E-state index in [1.807, 2.05) is 12.1 Å². The van der Waals surface area contributed by atoms with Crippen LogP contribution >= 0.6 is 23.2 Å². The van der Waals surface area contributed by atoms with Crippen molar-refractivity contribution >= 4 is 40.0 Å². The van der Waals surface area contributed by atoms with E-state index in [2.05, 4.69) is 15.3 Å². The van der Waals surface area contributed by atoms with Gasteiger partial charge in [0, 0.05) is 11.6 Å². The fourth-order valence-electron chi connectivity index (χ4n) is 2.62. The number of rotatable bonds is 5. The molecule has 9 heteroatoms. The minimum absolute atomic E-state index is 0.208. The Morgan fingerprint density at radius 3 is 2.89 bits per heavy atom. The fourth-order valence-corrected chi connectivity index (χ4v) is 3.16. The van der Waals surface area contributed by atoms with Crippen molar-refractivity contribution in [1.82, 2.24) is 15.3 Å². The molecule has 0 spiro atoms. The zero-order valence-corrected chi connectivity index (χ0v) is 15.4. The van der Waals surface area contributed by atoms with Crippen molar-refractivity contribution in [2.45, 2.75) is 6.54 Å². The highest BCUT2D eigenvalue weighted by Gasteiger charge is 2.14. The molecule has 1 aliphatic rings. The normalized spacial score (nSPS) is 12.2. The molecular weight excluding hydrogens is 393 g/mol. The number of nitrogens with zero attached hydrogens (tertiary/aromatic N) is 2. The van der Waals surface area contributed by atoms with Gasteiger partial charge >= 0.3 is 0 Å². The van der Waals surface area contributed by atoms with Crippen LogP contribution in [-0.2, 0) is 11.3 Å². The monoisotopic (exact) mass is 405 g/mol. The van der Waals surface area contributed by atoms with E-state index in [1.165, 1.54) is 6.33 Å². The third-order valence-corrected chi connectivity index (χ3v) is 4.39. The van der Waals surface area contributed by atoms with Crippen LogP contribution in [0.5, 0.6) is 17.4 Å². The average Bonchev–Trinajstić information content (AvgIpc) is 3.12. The molecule has 1 N–H and O–H groups in total. The first-order chi connectivity index (χ1) is 13.1. The van der Waals surface area contributed by atoms with Gasteiger partial charge < -0.3 is 19.5 Å². The van der Waals surface area contributed by atoms with Crippen LogP contribution < -0.4 is 19.5 Å². The molecule has 0 atom stereocenters. The van der Waals surface area contributed by atoms with Crippen molar-refractivity contribution in [3.8, 4) is 17.4 Å². The SMILES string of the molecule is O=C(COc1ncnc2c(Cl)cc(Cl)cc12)NCc1ccc2c(c1)OCO2. The molecule has 1 aromatic heterocycles. The summed E-state index contributed by atoms with van der Waals surface area (Å²) in [6.07, 6.45) is 1.32. The van der Waals surface area contributed by atoms with Gasteiger partial charge in [0.05, 0.1) is 15.9 Å². The second-order valence-electron chi connectivity index (χ2n) is 5.72. The summed E-state index contributed by atoms with van der Waals surface area (Å²) in [6.45, 7) is 0.335. The fraction of sp³-hybridized carbons (Fsp3) is 0.167. The molecular formula is C18H13Cl2N3O4. The summed E-state index contributed by atoms with van der Waals surface area (Å²) in [5.41, 5.74) is 1.39. The molecule has 0 unspecified atom stereocenters. The van der Waals surface area contributed by atoms with Gasteiger partial charge in [0.15, 0.2) is 18.1 Å². The Kier molecular flexibility index (Phi) is 4.87. The van der Waals surface area contributed by atoms with Crippen LogP contribution in [0.1, 0.15) is 5.56 Å². The van der Waals surface area contributed by atoms with Crippen molar-refractivity contribution < 1.29 is 19.0 Å². The van der Waals surface area contributed by atoms with E-state index in [-0.39, 0.29) is 25.2 Å². The van der Waals surface area contributed by atoms with Gasteiger partial charge in [-0.05, 0) is 29.8 Å². The standard InChI is InChI=1S/C18H13Cl2N3O4/c19-11-4-12-17(13(20)5-11)22-8-23-18(12)25-7-16(24)21-6-10-1-2-14-15(3-10)27-9-26-14/h1-5,8H,6-7,9H2,(H,21,24). The topological polar surface area (TPSA) is 82.6 Å². The number of hydrogen-bond donors (Lipinski definition) is 1. The van der Waals surface area contributed by atoms with E-state index in [9.17, 15) is 4.79 Å². The quantitative estimate of drug-likeness (QED) is 0.700. The summed E-state index contributed by atoms with van der Waals surface area (Å²) in [5.74, 6) is 1.30. The van der Waals surface area contributed by atoms with Crippen molar-refractivity contribution in [2.24, 2.45) is 0 Å². The molecule has 0 aliphatic carbocycles. The number of hydrogen-bond acceptors (Lipinski definition) is 6. The molecule has 138 valence electrons. The summed E-state index contributed by atoms with van der Waals surface area (Å²) in [4.78, 5) is 20.3. The van der Waals surface area contributed by atoms with Crippen molar-refractivity contribution in [3.63, 3.8) is 0 Å². The Balaban J connectivity index is 1.39. The van der Waals surface area contributed by atoms with E-state index in [4.69, 9.17) is 37.4 Å². The van der Waals surface area contributed by atoms with Gasteiger partial charge in [0.2, 0.25) is 12.7 Å². The first-order valence-corrected chi connectivity index (χ1v) is 8.73. The maximum absolute atomic E-state index is 12.1. The van der Waals surface area contributed by atoms with Gasteiger partial charge in [-0.1, -0.05) is 29.3 Å². The number of aromatic nitrogens is 2. The molecule has 3 aromatic rings. The van der Waals surface area contributed by atoms with Gasteiger partial charge in [-0.25, -0.2) is 9.97 Å². The average molecular weight is 406 g/mol. The van der Waals surface area contributed by atoms with Gasteiger partial charge in [-0.2, -0.15) is 0 Å². The number of ether oxygens (including phenoxy) is 3. The molecule has 27 heavy (non-hydrogen) atoms. The van der Waals surface area contributed by atoms with Crippen molar-refractivity contribution in [2.75, 3.05) is 13.4 Å². The Morgan fingerprint density at radius 1 is 1.15 bits per heavy atom. The highest BCUT2D eigenvalue weighted by atomic mass is 35.5. The number of halogens is 2. The predicted octanol–water partition coefficient (Wildman–Crippen LogP) is 3.36. The number of fused-ring (bicyclic) bond motifs is 2. The first-order valence-electron chi connectivity index (χ1n) is 7.98. The second kappa shape index (κ2) is 7.46. The summed E-state index contributed by atoms with van der Waals surface area (Å²) in [5, 5.41) is 4.13. The third kappa shape index (κ3) is 3.84. The van der Waals surface area contributed by atoms with Crippen LogP contribution in [0.4, 0.5) is 0 Å². The maximum atomic E-state index is 12.1. The molecule has 0 saturated carbocycles. The molecule has 0 bridgehead atoms. The molecule has 0 saturated heterocycles. The lowest BCUT2D eigenvalue weighted by atomic mass is 10.2. The van der Waals surface area contributed by atoms with E-state index in [1.54, 1.807) is 18.2 Å². The zero-order valence-electron chi connectivity index (χ0n) is 13.9. The summed E-state index contributed by atoms with van der Waals surface area (Å²) < 4.78 is 16.1. The summed E-state index contributed by atoms with van der Waals surface area (Å²) in [7, 11) is 0. The maximum Gasteiger partial charge on any atom is 0.258 e. The Morgan fingerprint density at radius 2 is 2.00 bits per heavy atom. The lowest BCUT2D eigenvalue weighted by molar-refractivity contribution is -0.123. The molecule has 4 rings (SSSR count). The number of amides is 1. The molecule has 0 fully saturated rings. The molecule has 7 nitrogen and oxygen atoms in total. The Labute approximate surface area is 164 Å². The van der Waals surface area contributed by atoms with Gasteiger partial charge in [-0.15, -0.1) is 0 Å². The molecule has 1 amide bonds. The van der Waals surface area contributed by atoms with E-state index >= 15 is 0 Å². The highest BCUT2D eigenvalue weighted by molar-refractivity contribution is 6.38. The van der Waals surface area contributed by atoms with Crippen LogP contribution in [0.25, 0.3) is 10.9 Å². The lowest BCUT2D eigenvalue weighted by Gasteiger charge is -2.10. The summed E-state index contributed by atoms with van der Waals surface area (Å²) >= 11 is 12.1. The lowest BCUT2D eigenvalue weighted by Crippen LogP contribution is -2.28. The van der Waals surface area contributed by atoms with Gasteiger partial charge in [-0.3, -0.25) is 4.79 Å². The third-order valence-electron chi connectivity index (χ3n) is 3.89. The molecule has 0 radical (unpaired) electrons. The first kappa shape index (κ1) is 17.6. The predicted molar refractivity (Wildman–Crippen MR) is 99.5 cm³/mol. The van der Waals surface area contributed by atoms with E-state index < -0.39 is 0 Å². The smallest absolute Gasteiger partial charge is 0.258 e. The second-order valence-corrected chi connectivity index (χ2v) is 6.56. The number of carbonyl (C=O) groups excluding carboxylic acids is 1. The number of nitrogens with one attached hydrogen (secondary N) is 1. The Bertz CT molecular complexity index is 1030. The number of benzene rings is 2. The highest BCUT2D eigenvalue weighted by Crippen LogP contribution is 2.32. The van der Waals surface area contributed by atoms with Crippen LogP contribution in [0.2, 0.25) is 10.0 Å². The zero-order chi connectivity index (χ0) is 18.8. The molecule has 2 heterocycles. The number of carbonyl (C=O) groups is 1. The summed E-state index contributed by atoms with van der Waals surface area (Å²) in [6, 6.07) is 8.71.